The second-order valence-corrected chi connectivity index (χ2v) is 12.6. The summed E-state index contributed by atoms with van der Waals surface area (Å²) in [7, 11) is 0. The third kappa shape index (κ3) is 11.9. The van der Waals surface area contributed by atoms with E-state index < -0.39 is 0 Å². The third-order valence-electron chi connectivity index (χ3n) is 8.43. The molecule has 7 heteroatoms. The molecule has 0 radical (unpaired) electrons. The Kier molecular flexibility index (Phi) is 19.5. The van der Waals surface area contributed by atoms with Gasteiger partial charge in [-0.1, -0.05) is 72.6 Å². The van der Waals surface area contributed by atoms with Crippen molar-refractivity contribution >= 4 is 28.8 Å². The number of hydrogen-bond acceptors (Lipinski definition) is 6. The van der Waals surface area contributed by atoms with Gasteiger partial charge in [0.2, 0.25) is 0 Å². The van der Waals surface area contributed by atoms with Crippen molar-refractivity contribution in [2.45, 2.75) is 126 Å². The standard InChI is InChI=1S/C38H53N3O2.C2H6.H4N2/c1-9-13-14-15-16-17-19-29(6)40-34(11-3)30-21-22-35-32(24-30)33(25-38(7,8)26-43-27-42)37(41(35)12-4)31-20-18-23-39-36(31)28(5)10-2;2*1-2/h9,11,18,20-24,27-28H,1,10,12-17,19,25-26H2,2-8H3;1-2H3;1-2H2/b34-11-,40-29?;;. The van der Waals surface area contributed by atoms with E-state index in [1.54, 1.807) is 0 Å². The molecule has 260 valence electrons. The molecule has 0 aliphatic rings. The van der Waals surface area contributed by atoms with Crippen molar-refractivity contribution in [2.75, 3.05) is 6.61 Å². The summed E-state index contributed by atoms with van der Waals surface area (Å²) < 4.78 is 7.73. The third-order valence-corrected chi connectivity index (χ3v) is 8.43. The van der Waals surface area contributed by atoms with Crippen LogP contribution in [0.15, 0.2) is 60.3 Å². The molecule has 0 amide bonds. The van der Waals surface area contributed by atoms with Gasteiger partial charge < -0.3 is 9.30 Å². The van der Waals surface area contributed by atoms with Crippen LogP contribution in [0.25, 0.3) is 27.9 Å². The molecule has 47 heavy (non-hydrogen) atoms. The first-order chi connectivity index (χ1) is 22.7. The highest BCUT2D eigenvalue weighted by Crippen LogP contribution is 2.41. The summed E-state index contributed by atoms with van der Waals surface area (Å²) in [6.45, 7) is 24.8. The van der Waals surface area contributed by atoms with E-state index in [1.165, 1.54) is 52.7 Å². The van der Waals surface area contributed by atoms with Crippen molar-refractivity contribution in [2.24, 2.45) is 22.1 Å². The Morgan fingerprint density at radius 3 is 2.45 bits per heavy atom. The van der Waals surface area contributed by atoms with Crippen LogP contribution in [-0.4, -0.2) is 28.3 Å². The van der Waals surface area contributed by atoms with Gasteiger partial charge in [-0.2, -0.15) is 0 Å². The first-order valence-electron chi connectivity index (χ1n) is 17.5. The average molecular weight is 646 g/mol. The Morgan fingerprint density at radius 1 is 1.13 bits per heavy atom. The summed E-state index contributed by atoms with van der Waals surface area (Å²) in [6.07, 6.45) is 14.8. The number of hydrazine groups is 1. The molecule has 7 nitrogen and oxygen atoms in total. The number of ether oxygens (including phenoxy) is 1. The highest BCUT2D eigenvalue weighted by atomic mass is 16.5. The van der Waals surface area contributed by atoms with Crippen molar-refractivity contribution in [1.29, 1.82) is 0 Å². The summed E-state index contributed by atoms with van der Waals surface area (Å²) in [5, 5.41) is 1.22. The summed E-state index contributed by atoms with van der Waals surface area (Å²) >= 11 is 0. The highest BCUT2D eigenvalue weighted by molar-refractivity contribution is 5.95. The van der Waals surface area contributed by atoms with Crippen LogP contribution in [-0.2, 0) is 22.5 Å². The van der Waals surface area contributed by atoms with E-state index in [2.05, 4.69) is 102 Å². The van der Waals surface area contributed by atoms with Crippen LogP contribution in [0.3, 0.4) is 0 Å². The first kappa shape index (κ1) is 41.5. The van der Waals surface area contributed by atoms with Gasteiger partial charge in [0, 0.05) is 45.9 Å². The topological polar surface area (TPSA) is 109 Å². The van der Waals surface area contributed by atoms with E-state index >= 15 is 0 Å². The van der Waals surface area contributed by atoms with Crippen LogP contribution in [0, 0.1) is 5.41 Å². The van der Waals surface area contributed by atoms with Crippen LogP contribution in [0.5, 0.6) is 0 Å². The van der Waals surface area contributed by atoms with Gasteiger partial charge in [-0.15, -0.1) is 6.58 Å². The second kappa shape index (κ2) is 22.1. The van der Waals surface area contributed by atoms with Crippen molar-refractivity contribution in [3.8, 4) is 11.3 Å². The van der Waals surface area contributed by atoms with Gasteiger partial charge in [-0.3, -0.25) is 26.5 Å². The minimum atomic E-state index is -0.249. The van der Waals surface area contributed by atoms with Crippen LogP contribution >= 0.6 is 0 Å². The molecule has 0 saturated carbocycles. The number of unbranched alkanes of at least 4 members (excludes halogenated alkanes) is 4. The van der Waals surface area contributed by atoms with E-state index in [0.717, 1.165) is 55.6 Å². The largest absolute Gasteiger partial charge is 0.467 e. The lowest BCUT2D eigenvalue weighted by Gasteiger charge is -2.25. The molecule has 0 aliphatic carbocycles. The summed E-state index contributed by atoms with van der Waals surface area (Å²) in [5.74, 6) is 8.34. The number of pyridine rings is 1. The zero-order valence-corrected chi connectivity index (χ0v) is 30.9. The molecule has 3 aromatic rings. The number of carbonyl (C=O) groups excluding carboxylic acids is 1. The Morgan fingerprint density at radius 2 is 1.83 bits per heavy atom. The van der Waals surface area contributed by atoms with Crippen molar-refractivity contribution in [3.63, 3.8) is 0 Å². The van der Waals surface area contributed by atoms with E-state index in [0.29, 0.717) is 19.0 Å². The maximum absolute atomic E-state index is 11.1. The van der Waals surface area contributed by atoms with E-state index in [-0.39, 0.29) is 5.41 Å². The summed E-state index contributed by atoms with van der Waals surface area (Å²) in [5.41, 5.74) is 9.06. The van der Waals surface area contributed by atoms with Gasteiger partial charge in [-0.05, 0) is 95.0 Å². The smallest absolute Gasteiger partial charge is 0.293 e. The number of nitrogens with two attached hydrogens (primary N) is 2. The monoisotopic (exact) mass is 645 g/mol. The number of nitrogens with zero attached hydrogens (tertiary/aromatic N) is 3. The summed E-state index contributed by atoms with van der Waals surface area (Å²) in [4.78, 5) is 21.1. The van der Waals surface area contributed by atoms with Crippen molar-refractivity contribution in [1.82, 2.24) is 9.55 Å². The predicted octanol–water partition coefficient (Wildman–Crippen LogP) is 10.2. The lowest BCUT2D eigenvalue weighted by atomic mass is 9.84. The van der Waals surface area contributed by atoms with Gasteiger partial charge in [-0.25, -0.2) is 0 Å². The molecule has 3 rings (SSSR count). The summed E-state index contributed by atoms with van der Waals surface area (Å²) in [6, 6.07) is 11.0. The van der Waals surface area contributed by atoms with E-state index in [1.807, 2.05) is 32.2 Å². The van der Waals surface area contributed by atoms with E-state index in [4.69, 9.17) is 14.7 Å². The van der Waals surface area contributed by atoms with Crippen LogP contribution < -0.4 is 11.7 Å². The number of hydrogen-bond donors (Lipinski definition) is 2. The number of aliphatic imine (C=N–C) groups is 1. The number of rotatable bonds is 18. The SMILES string of the molecule is C=CCCCCCCC(C)=N/C(=C\C)c1ccc2c(c1)c(CC(C)(C)COC=O)c(-c1cccnc1C(C)CC)n2CC.CC.NN. The predicted molar refractivity (Wildman–Crippen MR) is 203 cm³/mol. The molecule has 0 saturated heterocycles. The molecule has 0 spiro atoms. The fraction of sp³-hybridized carbons (Fsp3) is 0.525. The fourth-order valence-electron chi connectivity index (χ4n) is 5.97. The number of carbonyl (C=O) groups is 1. The molecule has 0 bridgehead atoms. The molecular formula is C40H63N5O2. The molecular weight excluding hydrogens is 582 g/mol. The second-order valence-electron chi connectivity index (χ2n) is 12.6. The number of allylic oxidation sites excluding steroid dienone is 2. The molecule has 1 atom stereocenters. The number of aryl methyl sites for hydroxylation is 1. The molecule has 2 aromatic heterocycles. The van der Waals surface area contributed by atoms with Gasteiger partial charge >= 0.3 is 0 Å². The number of aromatic nitrogens is 2. The van der Waals surface area contributed by atoms with E-state index in [9.17, 15) is 4.79 Å². The Balaban J connectivity index is 0.00000265. The highest BCUT2D eigenvalue weighted by Gasteiger charge is 2.28. The lowest BCUT2D eigenvalue weighted by molar-refractivity contribution is -0.131. The average Bonchev–Trinajstić information content (AvgIpc) is 3.40. The molecule has 4 N–H and O–H groups in total. The zero-order chi connectivity index (χ0) is 35.4. The van der Waals surface area contributed by atoms with Crippen LogP contribution in [0.4, 0.5) is 0 Å². The Bertz CT molecular complexity index is 1430. The van der Waals surface area contributed by atoms with Gasteiger partial charge in [0.25, 0.3) is 6.47 Å². The molecule has 0 fully saturated rings. The number of benzene rings is 1. The fourth-order valence-corrected chi connectivity index (χ4v) is 5.97. The van der Waals surface area contributed by atoms with Crippen molar-refractivity contribution < 1.29 is 9.53 Å². The number of fused-ring (bicyclic) bond motifs is 1. The van der Waals surface area contributed by atoms with Crippen LogP contribution in [0.2, 0.25) is 0 Å². The molecule has 1 unspecified atom stereocenters. The quantitative estimate of drug-likeness (QED) is 0.0357. The van der Waals surface area contributed by atoms with Gasteiger partial charge in [0.15, 0.2) is 0 Å². The zero-order valence-electron chi connectivity index (χ0n) is 30.9. The molecule has 0 aliphatic heterocycles. The minimum Gasteiger partial charge on any atom is -0.467 e. The van der Waals surface area contributed by atoms with Crippen molar-refractivity contribution in [3.05, 3.63) is 72.1 Å². The minimum absolute atomic E-state index is 0.249. The molecule has 2 heterocycles. The van der Waals surface area contributed by atoms with Gasteiger partial charge in [0.1, 0.15) is 0 Å². The first-order valence-corrected chi connectivity index (χ1v) is 17.5. The van der Waals surface area contributed by atoms with Crippen LogP contribution in [0.1, 0.15) is 130 Å². The maximum atomic E-state index is 11.1. The van der Waals surface area contributed by atoms with Gasteiger partial charge in [0.05, 0.1) is 23.7 Å². The maximum Gasteiger partial charge on any atom is 0.293 e. The molecule has 1 aromatic carbocycles. The lowest BCUT2D eigenvalue weighted by Crippen LogP contribution is -2.22. The normalized spacial score (nSPS) is 12.5. The Hall–Kier alpha value is -3.55. The Labute approximate surface area is 285 Å².